The van der Waals surface area contributed by atoms with Crippen LogP contribution in [0.15, 0.2) is 24.3 Å². The van der Waals surface area contributed by atoms with Crippen LogP contribution in [0.25, 0.3) is 0 Å². The molecule has 2 rings (SSSR count). The molecule has 0 radical (unpaired) electrons. The van der Waals surface area contributed by atoms with Crippen LogP contribution >= 0.6 is 11.8 Å². The Hall–Kier alpha value is -0.670. The third kappa shape index (κ3) is 3.92. The second kappa shape index (κ2) is 7.05. The average Bonchev–Trinajstić information content (AvgIpc) is 2.86. The van der Waals surface area contributed by atoms with E-state index < -0.39 is 0 Å². The van der Waals surface area contributed by atoms with Crippen molar-refractivity contribution in [3.8, 4) is 5.75 Å². The fraction of sp³-hybridized carbons (Fsp3) is 0.600. The second-order valence-electron chi connectivity index (χ2n) is 4.83. The van der Waals surface area contributed by atoms with Crippen LogP contribution in [0.5, 0.6) is 5.75 Å². The predicted molar refractivity (Wildman–Crippen MR) is 79.4 cm³/mol. The molecule has 1 N–H and O–H groups in total. The Kier molecular flexibility index (Phi) is 5.39. The highest BCUT2D eigenvalue weighted by Gasteiger charge is 2.23. The van der Waals surface area contributed by atoms with Gasteiger partial charge in [0.1, 0.15) is 5.75 Å². The van der Waals surface area contributed by atoms with Crippen LogP contribution in [0.1, 0.15) is 31.7 Å². The first kappa shape index (κ1) is 13.8. The monoisotopic (exact) mass is 265 g/mol. The van der Waals surface area contributed by atoms with Crippen LogP contribution in [-0.4, -0.2) is 24.2 Å². The van der Waals surface area contributed by atoms with Crippen LogP contribution in [0.4, 0.5) is 0 Å². The van der Waals surface area contributed by atoms with Crippen molar-refractivity contribution in [2.45, 2.75) is 44.0 Å². The Morgan fingerprint density at radius 3 is 2.67 bits per heavy atom. The first-order valence-corrected chi connectivity index (χ1v) is 8.08. The van der Waals surface area contributed by atoms with Crippen molar-refractivity contribution in [2.75, 3.05) is 12.9 Å². The van der Waals surface area contributed by atoms with Gasteiger partial charge in [-0.1, -0.05) is 12.1 Å². The summed E-state index contributed by atoms with van der Waals surface area (Å²) >= 11 is 2.01. The van der Waals surface area contributed by atoms with E-state index in [1.54, 1.807) is 0 Å². The van der Waals surface area contributed by atoms with Gasteiger partial charge in [-0.15, -0.1) is 0 Å². The van der Waals surface area contributed by atoms with E-state index in [1.165, 1.54) is 24.8 Å². The maximum absolute atomic E-state index is 5.44. The van der Waals surface area contributed by atoms with E-state index in [1.807, 2.05) is 18.7 Å². The number of hydrogen-bond donors (Lipinski definition) is 1. The first-order chi connectivity index (χ1) is 8.81. The highest BCUT2D eigenvalue weighted by molar-refractivity contribution is 7.99. The highest BCUT2D eigenvalue weighted by Crippen LogP contribution is 2.28. The molecular weight excluding hydrogens is 242 g/mol. The Bertz CT molecular complexity index is 352. The van der Waals surface area contributed by atoms with Crippen molar-refractivity contribution in [1.29, 1.82) is 0 Å². The summed E-state index contributed by atoms with van der Waals surface area (Å²) in [5, 5.41) is 4.52. The van der Waals surface area contributed by atoms with Crippen LogP contribution in [-0.2, 0) is 6.54 Å². The van der Waals surface area contributed by atoms with Crippen molar-refractivity contribution < 1.29 is 4.74 Å². The topological polar surface area (TPSA) is 21.3 Å². The molecule has 2 nitrogen and oxygen atoms in total. The van der Waals surface area contributed by atoms with Crippen molar-refractivity contribution >= 4 is 11.8 Å². The molecule has 0 saturated heterocycles. The maximum atomic E-state index is 5.44. The van der Waals surface area contributed by atoms with Crippen molar-refractivity contribution in [3.63, 3.8) is 0 Å². The summed E-state index contributed by atoms with van der Waals surface area (Å²) in [5.74, 6) is 0.963. The summed E-state index contributed by atoms with van der Waals surface area (Å²) in [6.07, 6.45) is 6.22. The minimum Gasteiger partial charge on any atom is -0.494 e. The lowest BCUT2D eigenvalue weighted by molar-refractivity contribution is 0.340. The van der Waals surface area contributed by atoms with Gasteiger partial charge in [-0.3, -0.25) is 0 Å². The maximum Gasteiger partial charge on any atom is 0.119 e. The number of thioether (sulfide) groups is 1. The number of ether oxygens (including phenoxy) is 1. The number of rotatable bonds is 6. The van der Waals surface area contributed by atoms with Crippen LogP contribution in [0.3, 0.4) is 0 Å². The van der Waals surface area contributed by atoms with Gasteiger partial charge in [0.25, 0.3) is 0 Å². The molecule has 2 atom stereocenters. The van der Waals surface area contributed by atoms with E-state index in [4.69, 9.17) is 4.74 Å². The molecule has 1 fully saturated rings. The van der Waals surface area contributed by atoms with E-state index in [0.717, 1.165) is 24.2 Å². The molecule has 1 aliphatic carbocycles. The van der Waals surface area contributed by atoms with Gasteiger partial charge in [0, 0.05) is 17.8 Å². The Morgan fingerprint density at radius 2 is 2.06 bits per heavy atom. The summed E-state index contributed by atoms with van der Waals surface area (Å²) in [4.78, 5) is 0. The van der Waals surface area contributed by atoms with Gasteiger partial charge < -0.3 is 10.1 Å². The molecule has 0 bridgehead atoms. The van der Waals surface area contributed by atoms with Gasteiger partial charge >= 0.3 is 0 Å². The van der Waals surface area contributed by atoms with Crippen molar-refractivity contribution in [3.05, 3.63) is 29.8 Å². The van der Waals surface area contributed by atoms with Crippen LogP contribution < -0.4 is 10.1 Å². The standard InChI is InChI=1S/C15H23NOS/c1-3-17-14-7-4-12(5-8-14)11-16-13-6-9-15(10-13)18-2/h4-5,7-8,13,15-16H,3,6,9-11H2,1-2H3. The Labute approximate surface area is 114 Å². The number of nitrogens with one attached hydrogen (secondary N) is 1. The quantitative estimate of drug-likeness (QED) is 0.851. The van der Waals surface area contributed by atoms with Gasteiger partial charge in [0.05, 0.1) is 6.61 Å². The van der Waals surface area contributed by atoms with Crippen LogP contribution in [0.2, 0.25) is 0 Å². The lowest BCUT2D eigenvalue weighted by Crippen LogP contribution is -2.26. The van der Waals surface area contributed by atoms with Gasteiger partial charge in [-0.2, -0.15) is 11.8 Å². The van der Waals surface area contributed by atoms with E-state index in [0.29, 0.717) is 6.04 Å². The van der Waals surface area contributed by atoms with Gasteiger partial charge in [0.15, 0.2) is 0 Å². The molecule has 0 heterocycles. The number of hydrogen-bond acceptors (Lipinski definition) is 3. The Balaban J connectivity index is 1.76. The molecule has 0 spiro atoms. The smallest absolute Gasteiger partial charge is 0.119 e. The Morgan fingerprint density at radius 1 is 1.28 bits per heavy atom. The minimum absolute atomic E-state index is 0.703. The summed E-state index contributed by atoms with van der Waals surface area (Å²) in [6, 6.07) is 9.12. The molecule has 1 saturated carbocycles. The SMILES string of the molecule is CCOc1ccc(CNC2CCC(SC)C2)cc1. The zero-order valence-electron chi connectivity index (χ0n) is 11.3. The first-order valence-electron chi connectivity index (χ1n) is 6.79. The fourth-order valence-corrected chi connectivity index (χ4v) is 3.27. The minimum atomic E-state index is 0.703. The zero-order valence-corrected chi connectivity index (χ0v) is 12.1. The summed E-state index contributed by atoms with van der Waals surface area (Å²) in [6.45, 7) is 3.71. The summed E-state index contributed by atoms with van der Waals surface area (Å²) in [7, 11) is 0. The lowest BCUT2D eigenvalue weighted by atomic mass is 10.2. The molecule has 18 heavy (non-hydrogen) atoms. The fourth-order valence-electron chi connectivity index (χ4n) is 2.47. The molecule has 0 amide bonds. The van der Waals surface area contributed by atoms with E-state index in [2.05, 4.69) is 35.8 Å². The molecule has 100 valence electrons. The van der Waals surface area contributed by atoms with Gasteiger partial charge in [0.2, 0.25) is 0 Å². The average molecular weight is 265 g/mol. The lowest BCUT2D eigenvalue weighted by Gasteiger charge is -2.13. The third-order valence-electron chi connectivity index (χ3n) is 3.55. The number of benzene rings is 1. The molecule has 0 aliphatic heterocycles. The van der Waals surface area contributed by atoms with E-state index in [-0.39, 0.29) is 0 Å². The third-order valence-corrected chi connectivity index (χ3v) is 4.64. The molecule has 1 aromatic carbocycles. The molecule has 2 unspecified atom stereocenters. The van der Waals surface area contributed by atoms with Crippen LogP contribution in [0, 0.1) is 0 Å². The molecule has 0 aromatic heterocycles. The molecule has 3 heteroatoms. The summed E-state index contributed by atoms with van der Waals surface area (Å²) < 4.78 is 5.44. The highest BCUT2D eigenvalue weighted by atomic mass is 32.2. The van der Waals surface area contributed by atoms with Gasteiger partial charge in [-0.25, -0.2) is 0 Å². The molecule has 1 aliphatic rings. The van der Waals surface area contributed by atoms with E-state index in [9.17, 15) is 0 Å². The van der Waals surface area contributed by atoms with Crippen molar-refractivity contribution in [2.24, 2.45) is 0 Å². The normalized spacial score (nSPS) is 23.2. The molecule has 1 aromatic rings. The molecular formula is C15H23NOS. The van der Waals surface area contributed by atoms with Crippen molar-refractivity contribution in [1.82, 2.24) is 5.32 Å². The van der Waals surface area contributed by atoms with E-state index >= 15 is 0 Å². The second-order valence-corrected chi connectivity index (χ2v) is 5.96. The zero-order chi connectivity index (χ0) is 12.8. The largest absolute Gasteiger partial charge is 0.494 e. The predicted octanol–water partition coefficient (Wildman–Crippen LogP) is 3.46. The van der Waals surface area contributed by atoms with Gasteiger partial charge in [-0.05, 0) is 50.1 Å². The summed E-state index contributed by atoms with van der Waals surface area (Å²) in [5.41, 5.74) is 1.34.